The van der Waals surface area contributed by atoms with E-state index in [2.05, 4.69) is 24.1 Å². The number of ether oxygens (including phenoxy) is 2. The van der Waals surface area contributed by atoms with Crippen LogP contribution in [0.15, 0.2) is 34.5 Å². The van der Waals surface area contributed by atoms with Crippen LogP contribution >= 0.6 is 54.2 Å². The van der Waals surface area contributed by atoms with Gasteiger partial charge in [0.25, 0.3) is 7.82 Å². The Labute approximate surface area is 392 Å². The first kappa shape index (κ1) is 56.3. The zero-order chi connectivity index (χ0) is 45.8. The SMILES string of the molecule is CCCCCCCCCCCCCCCCCC(=O)OC[C@H](COP(=O)([O-])OCC[N+](C)(C)C)OC(=O)CCCc1cc(Cl)c(N=Nc2c(Cl)cc(CCCC)cc2Cl)c(Cl)c1. The molecule has 2 rings (SSSR count). The third-order valence-electron chi connectivity index (χ3n) is 10.2. The number of hydrogen-bond donors (Lipinski definition) is 0. The molecule has 352 valence electrons. The molecule has 0 saturated carbocycles. The van der Waals surface area contributed by atoms with Gasteiger partial charge in [0.05, 0.1) is 47.8 Å². The van der Waals surface area contributed by atoms with Gasteiger partial charge in [-0.05, 0) is 67.5 Å². The Kier molecular flexibility index (Phi) is 29.1. The Balaban J connectivity index is 1.85. The summed E-state index contributed by atoms with van der Waals surface area (Å²) in [4.78, 5) is 38.1. The minimum Gasteiger partial charge on any atom is -0.756 e. The van der Waals surface area contributed by atoms with E-state index in [9.17, 15) is 19.0 Å². The predicted octanol–water partition coefficient (Wildman–Crippen LogP) is 14.3. The molecule has 1 unspecified atom stereocenters. The van der Waals surface area contributed by atoms with Crippen LogP contribution in [0.25, 0.3) is 0 Å². The van der Waals surface area contributed by atoms with Gasteiger partial charge in [-0.25, -0.2) is 0 Å². The van der Waals surface area contributed by atoms with E-state index in [-0.39, 0.29) is 41.8 Å². The highest BCUT2D eigenvalue weighted by molar-refractivity contribution is 7.45. The lowest BCUT2D eigenvalue weighted by Gasteiger charge is -2.28. The summed E-state index contributed by atoms with van der Waals surface area (Å²) in [7, 11) is 0.976. The molecule has 62 heavy (non-hydrogen) atoms. The highest BCUT2D eigenvalue weighted by Gasteiger charge is 2.22. The van der Waals surface area contributed by atoms with Crippen molar-refractivity contribution >= 4 is 77.5 Å². The molecule has 0 bridgehead atoms. The molecule has 11 nitrogen and oxygen atoms in total. The van der Waals surface area contributed by atoms with E-state index in [0.717, 1.165) is 49.7 Å². The van der Waals surface area contributed by atoms with Crippen LogP contribution in [-0.4, -0.2) is 70.0 Å². The molecule has 16 heteroatoms. The molecule has 0 spiro atoms. The summed E-state index contributed by atoms with van der Waals surface area (Å²) >= 11 is 26.0. The highest BCUT2D eigenvalue weighted by atomic mass is 35.5. The average Bonchev–Trinajstić information content (AvgIpc) is 3.19. The maximum atomic E-state index is 13.0. The summed E-state index contributed by atoms with van der Waals surface area (Å²) < 4.78 is 34.0. The van der Waals surface area contributed by atoms with Crippen LogP contribution < -0.4 is 4.89 Å². The van der Waals surface area contributed by atoms with E-state index in [1.165, 1.54) is 70.6 Å². The highest BCUT2D eigenvalue weighted by Crippen LogP contribution is 2.40. The van der Waals surface area contributed by atoms with E-state index < -0.39 is 32.5 Å². The summed E-state index contributed by atoms with van der Waals surface area (Å²) in [5.74, 6) is -1.07. The summed E-state index contributed by atoms with van der Waals surface area (Å²) in [6, 6.07) is 7.02. The fourth-order valence-electron chi connectivity index (χ4n) is 6.53. The molecule has 0 aliphatic carbocycles. The molecule has 0 radical (unpaired) electrons. The molecule has 2 aromatic rings. The van der Waals surface area contributed by atoms with Crippen LogP contribution in [0.3, 0.4) is 0 Å². The third-order valence-corrected chi connectivity index (χ3v) is 12.3. The van der Waals surface area contributed by atoms with Crippen molar-refractivity contribution in [3.05, 3.63) is 55.5 Å². The average molecular weight is 968 g/mol. The fourth-order valence-corrected chi connectivity index (χ4v) is 8.48. The first-order valence-electron chi connectivity index (χ1n) is 22.7. The summed E-state index contributed by atoms with van der Waals surface area (Å²) in [5.41, 5.74) is 2.32. The molecular weight excluding hydrogens is 895 g/mol. The summed E-state index contributed by atoms with van der Waals surface area (Å²) in [6.45, 7) is 3.77. The number of unbranched alkanes of at least 4 members (excludes halogenated alkanes) is 15. The minimum absolute atomic E-state index is 0.0272. The first-order valence-corrected chi connectivity index (χ1v) is 25.6. The fraction of sp³-hybridized carbons (Fsp3) is 0.696. The number of carbonyl (C=O) groups excluding carboxylic acids is 2. The zero-order valence-corrected chi connectivity index (χ0v) is 41.8. The molecular formula is C46H72Cl4N3O8P. The smallest absolute Gasteiger partial charge is 0.306 e. The van der Waals surface area contributed by atoms with Gasteiger partial charge in [-0.2, -0.15) is 0 Å². The van der Waals surface area contributed by atoms with Gasteiger partial charge in [-0.3, -0.25) is 14.2 Å². The molecule has 0 fully saturated rings. The van der Waals surface area contributed by atoms with Gasteiger partial charge in [-0.1, -0.05) is 157 Å². The van der Waals surface area contributed by atoms with E-state index in [1.807, 2.05) is 33.3 Å². The van der Waals surface area contributed by atoms with Gasteiger partial charge in [0, 0.05) is 12.8 Å². The summed E-state index contributed by atoms with van der Waals surface area (Å²) in [6.07, 6.45) is 21.0. The second kappa shape index (κ2) is 32.0. The number of carbonyl (C=O) groups is 2. The van der Waals surface area contributed by atoms with E-state index in [0.29, 0.717) is 46.0 Å². The molecule has 0 aromatic heterocycles. The number of phosphoric acid groups is 1. The standard InChI is InChI=1S/C46H72Cl4N3O8P/c1-6-8-10-11-12-13-14-15-16-17-18-19-20-21-22-26-43(54)58-34-38(35-60-62(56,57)59-29-28-53(3,4)5)61-44(55)27-23-25-37-32-41(49)46(42(50)33-37)52-51-45-39(47)30-36(24-9-7-2)31-40(45)48/h30-33,38H,6-29,34-35H2,1-5H3/t38-/m1/s1. The molecule has 2 atom stereocenters. The lowest BCUT2D eigenvalue weighted by atomic mass is 10.0. The van der Waals surface area contributed by atoms with E-state index in [4.69, 9.17) is 64.9 Å². The Hall–Kier alpha value is -1.79. The van der Waals surface area contributed by atoms with Gasteiger partial charge in [0.1, 0.15) is 31.1 Å². The number of rotatable bonds is 35. The number of benzene rings is 2. The molecule has 2 aromatic carbocycles. The lowest BCUT2D eigenvalue weighted by molar-refractivity contribution is -0.870. The van der Waals surface area contributed by atoms with Crippen LogP contribution in [0.2, 0.25) is 20.1 Å². The quantitative estimate of drug-likeness (QED) is 0.0219. The van der Waals surface area contributed by atoms with Gasteiger partial charge in [0.2, 0.25) is 0 Å². The largest absolute Gasteiger partial charge is 0.756 e. The van der Waals surface area contributed by atoms with Crippen molar-refractivity contribution in [1.29, 1.82) is 0 Å². The van der Waals surface area contributed by atoms with Crippen LogP contribution in [0.1, 0.15) is 153 Å². The van der Waals surface area contributed by atoms with E-state index in [1.54, 1.807) is 12.1 Å². The van der Waals surface area contributed by atoms with Crippen molar-refractivity contribution in [2.45, 2.75) is 161 Å². The number of aryl methyl sites for hydroxylation is 2. The maximum absolute atomic E-state index is 13.0. The summed E-state index contributed by atoms with van der Waals surface area (Å²) in [5, 5.41) is 9.71. The molecule has 0 aliphatic heterocycles. The maximum Gasteiger partial charge on any atom is 0.306 e. The van der Waals surface area contributed by atoms with E-state index >= 15 is 0 Å². The Bertz CT molecular complexity index is 1650. The molecule has 0 amide bonds. The second-order valence-electron chi connectivity index (χ2n) is 17.1. The first-order chi connectivity index (χ1) is 29.5. The Morgan fingerprint density at radius 2 is 1.03 bits per heavy atom. The van der Waals surface area contributed by atoms with Crippen LogP contribution in [0.5, 0.6) is 0 Å². The number of esters is 2. The van der Waals surface area contributed by atoms with Crippen molar-refractivity contribution in [1.82, 2.24) is 0 Å². The van der Waals surface area contributed by atoms with Gasteiger partial charge in [0.15, 0.2) is 6.10 Å². The number of phosphoric ester groups is 1. The van der Waals surface area contributed by atoms with Crippen LogP contribution in [0, 0.1) is 0 Å². The molecule has 0 aliphatic rings. The molecule has 0 heterocycles. The van der Waals surface area contributed by atoms with Crippen molar-refractivity contribution in [3.63, 3.8) is 0 Å². The lowest BCUT2D eigenvalue weighted by Crippen LogP contribution is -2.37. The predicted molar refractivity (Wildman–Crippen MR) is 251 cm³/mol. The van der Waals surface area contributed by atoms with Gasteiger partial charge >= 0.3 is 11.9 Å². The van der Waals surface area contributed by atoms with Crippen molar-refractivity contribution in [3.8, 4) is 0 Å². The number of quaternary nitrogens is 1. The Morgan fingerprint density at radius 1 is 0.613 bits per heavy atom. The number of halogens is 4. The third kappa shape index (κ3) is 26.2. The monoisotopic (exact) mass is 965 g/mol. The number of azo groups is 1. The normalized spacial score (nSPS) is 13.4. The van der Waals surface area contributed by atoms with Crippen molar-refractivity contribution in [2.75, 3.05) is 47.5 Å². The molecule has 0 N–H and O–H groups in total. The zero-order valence-electron chi connectivity index (χ0n) is 37.8. The van der Waals surface area contributed by atoms with Crippen molar-refractivity contribution in [2.24, 2.45) is 10.2 Å². The minimum atomic E-state index is -4.72. The number of nitrogens with zero attached hydrogens (tertiary/aromatic N) is 3. The number of likely N-dealkylation sites (N-methyl/N-ethyl adjacent to an activating group) is 1. The number of hydrogen-bond acceptors (Lipinski definition) is 10. The van der Waals surface area contributed by atoms with Gasteiger partial charge < -0.3 is 27.9 Å². The van der Waals surface area contributed by atoms with Crippen LogP contribution in [0.4, 0.5) is 11.4 Å². The van der Waals surface area contributed by atoms with Gasteiger partial charge in [-0.15, -0.1) is 10.2 Å². The Morgan fingerprint density at radius 3 is 1.48 bits per heavy atom. The van der Waals surface area contributed by atoms with Crippen LogP contribution in [-0.2, 0) is 45.5 Å². The van der Waals surface area contributed by atoms with Crippen molar-refractivity contribution < 1.29 is 42.1 Å². The topological polar surface area (TPSA) is 136 Å². The molecule has 0 saturated heterocycles. The second-order valence-corrected chi connectivity index (χ2v) is 20.1.